The van der Waals surface area contributed by atoms with Crippen LogP contribution in [0.2, 0.25) is 0 Å². The quantitative estimate of drug-likeness (QED) is 0.556. The standard InChI is InChI=1S/C13H14O2/c1-4-5-13(15-11(3)14)12-8-6-10(2)7-9-12/h5-9,13H,1H2,2-3H3. The Kier molecular flexibility index (Phi) is 3.90. The Hall–Kier alpha value is -1.79. The summed E-state index contributed by atoms with van der Waals surface area (Å²) in [5, 5.41) is 0. The van der Waals surface area contributed by atoms with Crippen molar-refractivity contribution in [3.8, 4) is 0 Å². The van der Waals surface area contributed by atoms with Gasteiger partial charge in [0.2, 0.25) is 0 Å². The molecule has 1 unspecified atom stereocenters. The van der Waals surface area contributed by atoms with Crippen LogP contribution in [0.5, 0.6) is 0 Å². The van der Waals surface area contributed by atoms with Gasteiger partial charge in [-0.2, -0.15) is 0 Å². The van der Waals surface area contributed by atoms with Crippen molar-refractivity contribution in [3.05, 3.63) is 53.8 Å². The fraction of sp³-hybridized carbons (Fsp3) is 0.231. The summed E-state index contributed by atoms with van der Waals surface area (Å²) in [6.45, 7) is 6.87. The molecule has 0 aromatic heterocycles. The van der Waals surface area contributed by atoms with E-state index in [1.165, 1.54) is 12.5 Å². The number of carbonyl (C=O) groups is 1. The third-order valence-corrected chi connectivity index (χ3v) is 1.97. The van der Waals surface area contributed by atoms with Gasteiger partial charge in [0, 0.05) is 13.0 Å². The van der Waals surface area contributed by atoms with Gasteiger partial charge in [-0.1, -0.05) is 36.4 Å². The number of aryl methyl sites for hydroxylation is 1. The second-order valence-electron chi connectivity index (χ2n) is 3.31. The third-order valence-electron chi connectivity index (χ3n) is 1.97. The average Bonchev–Trinajstić information content (AvgIpc) is 2.17. The van der Waals surface area contributed by atoms with E-state index in [4.69, 9.17) is 4.74 Å². The highest BCUT2D eigenvalue weighted by molar-refractivity contribution is 5.66. The van der Waals surface area contributed by atoms with Gasteiger partial charge in [-0.3, -0.25) is 4.79 Å². The van der Waals surface area contributed by atoms with Crippen molar-refractivity contribution < 1.29 is 9.53 Å². The highest BCUT2D eigenvalue weighted by Gasteiger charge is 2.10. The molecule has 0 bridgehead atoms. The minimum absolute atomic E-state index is 0.313. The zero-order chi connectivity index (χ0) is 11.3. The lowest BCUT2D eigenvalue weighted by molar-refractivity contribution is -0.144. The molecule has 0 saturated heterocycles. The lowest BCUT2D eigenvalue weighted by atomic mass is 10.1. The van der Waals surface area contributed by atoms with Gasteiger partial charge in [0.05, 0.1) is 0 Å². The summed E-state index contributed by atoms with van der Waals surface area (Å²) in [6, 6.07) is 7.80. The second kappa shape index (κ2) is 5.18. The molecule has 1 aromatic rings. The predicted molar refractivity (Wildman–Crippen MR) is 59.4 cm³/mol. The van der Waals surface area contributed by atoms with E-state index in [0.717, 1.165) is 5.56 Å². The van der Waals surface area contributed by atoms with Crippen LogP contribution in [-0.4, -0.2) is 5.97 Å². The molecule has 78 valence electrons. The molecule has 0 saturated carbocycles. The average molecular weight is 202 g/mol. The van der Waals surface area contributed by atoms with Crippen LogP contribution in [0, 0.1) is 6.92 Å². The summed E-state index contributed by atoms with van der Waals surface area (Å²) in [5.74, 6) is -0.313. The Morgan fingerprint density at radius 2 is 2.07 bits per heavy atom. The Morgan fingerprint density at radius 3 is 2.53 bits per heavy atom. The van der Waals surface area contributed by atoms with Crippen LogP contribution < -0.4 is 0 Å². The summed E-state index contributed by atoms with van der Waals surface area (Å²) in [5.41, 5.74) is 4.73. The Bertz CT molecular complexity index is 384. The second-order valence-corrected chi connectivity index (χ2v) is 3.31. The van der Waals surface area contributed by atoms with Gasteiger partial charge in [-0.05, 0) is 12.5 Å². The van der Waals surface area contributed by atoms with Gasteiger partial charge in [0.25, 0.3) is 0 Å². The smallest absolute Gasteiger partial charge is 0.303 e. The highest BCUT2D eigenvalue weighted by Crippen LogP contribution is 2.19. The summed E-state index contributed by atoms with van der Waals surface area (Å²) < 4.78 is 5.12. The van der Waals surface area contributed by atoms with Crippen molar-refractivity contribution in [2.24, 2.45) is 0 Å². The van der Waals surface area contributed by atoms with Crippen molar-refractivity contribution in [1.29, 1.82) is 0 Å². The van der Waals surface area contributed by atoms with Crippen LogP contribution in [-0.2, 0) is 9.53 Å². The minimum atomic E-state index is -0.388. The van der Waals surface area contributed by atoms with Gasteiger partial charge in [-0.25, -0.2) is 0 Å². The summed E-state index contributed by atoms with van der Waals surface area (Å²) in [7, 11) is 0. The fourth-order valence-electron chi connectivity index (χ4n) is 1.24. The number of carbonyl (C=O) groups excluding carboxylic acids is 1. The molecular weight excluding hydrogens is 188 g/mol. The van der Waals surface area contributed by atoms with Crippen LogP contribution in [0.15, 0.2) is 42.7 Å². The molecule has 15 heavy (non-hydrogen) atoms. The van der Waals surface area contributed by atoms with Crippen molar-refractivity contribution in [2.45, 2.75) is 20.0 Å². The number of benzene rings is 1. The maximum absolute atomic E-state index is 10.9. The topological polar surface area (TPSA) is 26.3 Å². The number of hydrogen-bond acceptors (Lipinski definition) is 2. The molecule has 0 aliphatic heterocycles. The molecule has 2 nitrogen and oxygen atoms in total. The van der Waals surface area contributed by atoms with Gasteiger partial charge in [0.1, 0.15) is 0 Å². The third kappa shape index (κ3) is 3.45. The van der Waals surface area contributed by atoms with E-state index in [1.54, 1.807) is 6.08 Å². The first kappa shape index (κ1) is 11.3. The molecule has 0 radical (unpaired) electrons. The summed E-state index contributed by atoms with van der Waals surface area (Å²) in [4.78, 5) is 10.9. The molecule has 0 N–H and O–H groups in total. The van der Waals surface area contributed by atoms with E-state index in [1.807, 2.05) is 31.2 Å². The molecule has 0 spiro atoms. The molecule has 0 fully saturated rings. The zero-order valence-electron chi connectivity index (χ0n) is 8.99. The molecule has 1 atom stereocenters. The largest absolute Gasteiger partial charge is 0.453 e. The predicted octanol–water partition coefficient (Wildman–Crippen LogP) is 2.94. The molecule has 1 rings (SSSR count). The monoisotopic (exact) mass is 202 g/mol. The fourth-order valence-corrected chi connectivity index (χ4v) is 1.24. The van der Waals surface area contributed by atoms with Crippen molar-refractivity contribution in [3.63, 3.8) is 0 Å². The van der Waals surface area contributed by atoms with E-state index >= 15 is 0 Å². The van der Waals surface area contributed by atoms with E-state index in [2.05, 4.69) is 12.3 Å². The molecule has 0 heterocycles. The lowest BCUT2D eigenvalue weighted by Crippen LogP contribution is -2.05. The van der Waals surface area contributed by atoms with Gasteiger partial charge in [0.15, 0.2) is 6.10 Å². The number of esters is 1. The van der Waals surface area contributed by atoms with Gasteiger partial charge >= 0.3 is 5.97 Å². The molecule has 0 aliphatic rings. The normalized spacial score (nSPS) is 11.3. The van der Waals surface area contributed by atoms with E-state index in [9.17, 15) is 4.79 Å². The SMILES string of the molecule is C=C=CC(OC(C)=O)c1ccc(C)cc1. The van der Waals surface area contributed by atoms with Crippen molar-refractivity contribution in [2.75, 3.05) is 0 Å². The van der Waals surface area contributed by atoms with Crippen LogP contribution in [0.1, 0.15) is 24.2 Å². The summed E-state index contributed by atoms with van der Waals surface area (Å²) >= 11 is 0. The van der Waals surface area contributed by atoms with Gasteiger partial charge in [-0.15, -0.1) is 5.73 Å². The first-order chi connectivity index (χ1) is 7.13. The number of ether oxygens (including phenoxy) is 1. The van der Waals surface area contributed by atoms with Crippen LogP contribution >= 0.6 is 0 Å². The Morgan fingerprint density at radius 1 is 1.47 bits per heavy atom. The first-order valence-electron chi connectivity index (χ1n) is 4.73. The van der Waals surface area contributed by atoms with Crippen LogP contribution in [0.3, 0.4) is 0 Å². The number of rotatable bonds is 3. The first-order valence-corrected chi connectivity index (χ1v) is 4.73. The molecule has 1 aromatic carbocycles. The molecule has 2 heteroatoms. The van der Waals surface area contributed by atoms with Crippen LogP contribution in [0.4, 0.5) is 0 Å². The molecular formula is C13H14O2. The molecule has 0 amide bonds. The van der Waals surface area contributed by atoms with Crippen molar-refractivity contribution in [1.82, 2.24) is 0 Å². The van der Waals surface area contributed by atoms with E-state index < -0.39 is 0 Å². The maximum Gasteiger partial charge on any atom is 0.303 e. The van der Waals surface area contributed by atoms with Gasteiger partial charge < -0.3 is 4.74 Å². The zero-order valence-corrected chi connectivity index (χ0v) is 8.99. The van der Waals surface area contributed by atoms with E-state index in [0.29, 0.717) is 0 Å². The van der Waals surface area contributed by atoms with Crippen molar-refractivity contribution >= 4 is 5.97 Å². The summed E-state index contributed by atoms with van der Waals surface area (Å²) in [6.07, 6.45) is 1.24. The highest BCUT2D eigenvalue weighted by atomic mass is 16.5. The minimum Gasteiger partial charge on any atom is -0.453 e. The Balaban J connectivity index is 2.93. The number of hydrogen-bond donors (Lipinski definition) is 0. The van der Waals surface area contributed by atoms with Crippen LogP contribution in [0.25, 0.3) is 0 Å². The maximum atomic E-state index is 10.9. The molecule has 0 aliphatic carbocycles. The lowest BCUT2D eigenvalue weighted by Gasteiger charge is -2.12. The Labute approximate surface area is 89.9 Å². The van der Waals surface area contributed by atoms with E-state index in [-0.39, 0.29) is 12.1 Å².